The molecule has 0 radical (unpaired) electrons. The molecular weight excluding hydrogens is 210 g/mol. The van der Waals surface area contributed by atoms with E-state index < -0.39 is 0 Å². The summed E-state index contributed by atoms with van der Waals surface area (Å²) in [4.78, 5) is 11.3. The highest BCUT2D eigenvalue weighted by atomic mass is 32.2. The van der Waals surface area contributed by atoms with Gasteiger partial charge in [0.05, 0.1) is 5.75 Å². The number of rotatable bonds is 6. The summed E-state index contributed by atoms with van der Waals surface area (Å²) >= 11 is 1.61. The molecule has 15 heavy (non-hydrogen) atoms. The van der Waals surface area contributed by atoms with Gasteiger partial charge in [0.25, 0.3) is 0 Å². The molecule has 0 rings (SSSR count). The smallest absolute Gasteiger partial charge is 0.316 e. The van der Waals surface area contributed by atoms with Crippen molar-refractivity contribution in [3.8, 4) is 0 Å². The van der Waals surface area contributed by atoms with Gasteiger partial charge in [0.15, 0.2) is 0 Å². The van der Waals surface area contributed by atoms with Crippen LogP contribution in [0, 0.1) is 0 Å². The number of thioether (sulfide) groups is 1. The normalized spacial score (nSPS) is 13.7. The molecule has 0 fully saturated rings. The van der Waals surface area contributed by atoms with Crippen molar-refractivity contribution in [2.75, 3.05) is 11.5 Å². The fourth-order valence-corrected chi connectivity index (χ4v) is 1.77. The van der Waals surface area contributed by atoms with E-state index in [1.54, 1.807) is 11.8 Å². The summed E-state index contributed by atoms with van der Waals surface area (Å²) in [6.07, 6.45) is 2.08. The Morgan fingerprint density at radius 2 is 2.07 bits per heavy atom. The van der Waals surface area contributed by atoms with Gasteiger partial charge in [-0.25, -0.2) is 0 Å². The van der Waals surface area contributed by atoms with Crippen molar-refractivity contribution in [2.24, 2.45) is 5.73 Å². The van der Waals surface area contributed by atoms with Crippen LogP contribution in [0.2, 0.25) is 0 Å². The number of carbonyl (C=O) groups is 1. The third-order valence-electron chi connectivity index (χ3n) is 1.59. The maximum absolute atomic E-state index is 11.3. The Morgan fingerprint density at radius 3 is 2.53 bits per heavy atom. The first-order valence-electron chi connectivity index (χ1n) is 5.36. The van der Waals surface area contributed by atoms with Crippen LogP contribution in [0.15, 0.2) is 0 Å². The monoisotopic (exact) mass is 233 g/mol. The lowest BCUT2D eigenvalue weighted by molar-refractivity contribution is -0.151. The largest absolute Gasteiger partial charge is 0.459 e. The number of carbonyl (C=O) groups excluding carboxylic acids is 1. The lowest BCUT2D eigenvalue weighted by Crippen LogP contribution is -2.25. The van der Waals surface area contributed by atoms with Crippen LogP contribution >= 0.6 is 11.8 Å². The third-order valence-corrected chi connectivity index (χ3v) is 2.61. The average Bonchev–Trinajstić information content (AvgIpc) is 1.99. The fourth-order valence-electron chi connectivity index (χ4n) is 1.03. The number of hydrogen-bond donors (Lipinski definition) is 1. The van der Waals surface area contributed by atoms with Crippen molar-refractivity contribution in [1.82, 2.24) is 0 Å². The van der Waals surface area contributed by atoms with Gasteiger partial charge in [0.2, 0.25) is 0 Å². The lowest BCUT2D eigenvalue weighted by atomic mass is 10.2. The van der Waals surface area contributed by atoms with Gasteiger partial charge in [0.1, 0.15) is 5.60 Å². The topological polar surface area (TPSA) is 52.3 Å². The van der Waals surface area contributed by atoms with Crippen LogP contribution < -0.4 is 5.73 Å². The molecule has 4 heteroatoms. The zero-order valence-corrected chi connectivity index (χ0v) is 11.0. The molecule has 0 aromatic carbocycles. The molecule has 0 bridgehead atoms. The summed E-state index contributed by atoms with van der Waals surface area (Å²) in [5.74, 6) is 1.28. The van der Waals surface area contributed by atoms with E-state index in [1.165, 1.54) is 0 Å². The van der Waals surface area contributed by atoms with E-state index in [2.05, 4.69) is 0 Å². The SMILES string of the molecule is CC(N)CCCSCC(=O)OC(C)(C)C. The molecule has 2 N–H and O–H groups in total. The molecule has 1 unspecified atom stereocenters. The van der Waals surface area contributed by atoms with Crippen molar-refractivity contribution in [2.45, 2.75) is 52.2 Å². The standard InChI is InChI=1S/C11H23NO2S/c1-9(12)6-5-7-15-8-10(13)14-11(2,3)4/h9H,5-8,12H2,1-4H3. The van der Waals surface area contributed by atoms with E-state index in [0.29, 0.717) is 5.75 Å². The highest BCUT2D eigenvalue weighted by Crippen LogP contribution is 2.11. The Balaban J connectivity index is 3.40. The Hall–Kier alpha value is -0.220. The average molecular weight is 233 g/mol. The van der Waals surface area contributed by atoms with E-state index in [1.807, 2.05) is 27.7 Å². The van der Waals surface area contributed by atoms with Crippen LogP contribution in [0.25, 0.3) is 0 Å². The van der Waals surface area contributed by atoms with Crippen LogP contribution in [0.3, 0.4) is 0 Å². The van der Waals surface area contributed by atoms with Crippen molar-refractivity contribution in [3.63, 3.8) is 0 Å². The molecule has 0 aliphatic carbocycles. The minimum Gasteiger partial charge on any atom is -0.459 e. The van der Waals surface area contributed by atoms with E-state index >= 15 is 0 Å². The Morgan fingerprint density at radius 1 is 1.47 bits per heavy atom. The first-order chi connectivity index (χ1) is 6.81. The first-order valence-corrected chi connectivity index (χ1v) is 6.52. The van der Waals surface area contributed by atoms with Gasteiger partial charge in [0, 0.05) is 6.04 Å². The Kier molecular flexibility index (Phi) is 7.02. The quantitative estimate of drug-likeness (QED) is 0.564. The number of ether oxygens (including phenoxy) is 1. The predicted molar refractivity (Wildman–Crippen MR) is 66.1 cm³/mol. The molecular formula is C11H23NO2S. The zero-order valence-electron chi connectivity index (χ0n) is 10.2. The second-order valence-electron chi connectivity index (χ2n) is 4.76. The van der Waals surface area contributed by atoms with Crippen LogP contribution in [0.4, 0.5) is 0 Å². The summed E-state index contributed by atoms with van der Waals surface area (Å²) in [6, 6.07) is 0.257. The van der Waals surface area contributed by atoms with E-state index in [9.17, 15) is 4.79 Å². The molecule has 0 aliphatic rings. The second-order valence-corrected chi connectivity index (χ2v) is 5.86. The molecule has 0 aromatic rings. The summed E-state index contributed by atoms with van der Waals surface area (Å²) in [7, 11) is 0. The maximum Gasteiger partial charge on any atom is 0.316 e. The molecule has 0 heterocycles. The predicted octanol–water partition coefficient (Wildman–Crippen LogP) is 2.19. The number of nitrogens with two attached hydrogens (primary N) is 1. The molecule has 0 aromatic heterocycles. The highest BCUT2D eigenvalue weighted by molar-refractivity contribution is 7.99. The van der Waals surface area contributed by atoms with Gasteiger partial charge in [-0.3, -0.25) is 4.79 Å². The molecule has 90 valence electrons. The Bertz CT molecular complexity index is 188. The van der Waals surface area contributed by atoms with Crippen LogP contribution in [-0.2, 0) is 9.53 Å². The maximum atomic E-state index is 11.3. The Labute approximate surface area is 97.1 Å². The third kappa shape index (κ3) is 11.7. The summed E-state index contributed by atoms with van der Waals surface area (Å²) in [6.45, 7) is 7.64. The molecule has 0 saturated carbocycles. The van der Waals surface area contributed by atoms with Crippen molar-refractivity contribution >= 4 is 17.7 Å². The van der Waals surface area contributed by atoms with Crippen molar-refractivity contribution in [3.05, 3.63) is 0 Å². The molecule has 0 spiro atoms. The minimum atomic E-state index is -0.372. The van der Waals surface area contributed by atoms with Gasteiger partial charge < -0.3 is 10.5 Å². The van der Waals surface area contributed by atoms with Gasteiger partial charge in [-0.1, -0.05) is 0 Å². The van der Waals surface area contributed by atoms with Gasteiger partial charge >= 0.3 is 5.97 Å². The van der Waals surface area contributed by atoms with E-state index in [0.717, 1.165) is 18.6 Å². The highest BCUT2D eigenvalue weighted by Gasteiger charge is 2.15. The first kappa shape index (κ1) is 14.8. The molecule has 0 amide bonds. The van der Waals surface area contributed by atoms with Crippen molar-refractivity contribution < 1.29 is 9.53 Å². The number of esters is 1. The lowest BCUT2D eigenvalue weighted by Gasteiger charge is -2.19. The van der Waals surface area contributed by atoms with Crippen molar-refractivity contribution in [1.29, 1.82) is 0 Å². The van der Waals surface area contributed by atoms with Crippen LogP contribution in [0.1, 0.15) is 40.5 Å². The van der Waals surface area contributed by atoms with E-state index in [4.69, 9.17) is 10.5 Å². The number of hydrogen-bond acceptors (Lipinski definition) is 4. The van der Waals surface area contributed by atoms with E-state index in [-0.39, 0.29) is 17.6 Å². The van der Waals surface area contributed by atoms with Gasteiger partial charge in [-0.05, 0) is 46.3 Å². The fraction of sp³-hybridized carbons (Fsp3) is 0.909. The van der Waals surface area contributed by atoms with Crippen LogP contribution in [-0.4, -0.2) is 29.1 Å². The molecule has 0 aliphatic heterocycles. The molecule has 0 saturated heterocycles. The minimum absolute atomic E-state index is 0.131. The van der Waals surface area contributed by atoms with Gasteiger partial charge in [-0.15, -0.1) is 0 Å². The summed E-state index contributed by atoms with van der Waals surface area (Å²) in [5, 5.41) is 0. The van der Waals surface area contributed by atoms with Gasteiger partial charge in [-0.2, -0.15) is 11.8 Å². The summed E-state index contributed by atoms with van der Waals surface area (Å²) in [5.41, 5.74) is 5.25. The zero-order chi connectivity index (χ0) is 11.9. The van der Waals surface area contributed by atoms with Crippen LogP contribution in [0.5, 0.6) is 0 Å². The molecule has 3 nitrogen and oxygen atoms in total. The summed E-state index contributed by atoms with van der Waals surface area (Å²) < 4.78 is 5.18. The molecule has 1 atom stereocenters. The second kappa shape index (κ2) is 7.12.